The van der Waals surface area contributed by atoms with Crippen LogP contribution in [0.25, 0.3) is 0 Å². The van der Waals surface area contributed by atoms with Crippen molar-refractivity contribution in [3.63, 3.8) is 0 Å². The molecule has 0 aromatic heterocycles. The average molecular weight is 581 g/mol. The van der Waals surface area contributed by atoms with Crippen molar-refractivity contribution in [2.24, 2.45) is 17.8 Å². The third-order valence-corrected chi connectivity index (χ3v) is 10.2. The molecule has 5 N–H and O–H groups in total. The van der Waals surface area contributed by atoms with Crippen molar-refractivity contribution in [1.82, 2.24) is 31.1 Å². The van der Waals surface area contributed by atoms with Gasteiger partial charge in [0.05, 0.1) is 50.6 Å². The average Bonchev–Trinajstić information content (AvgIpc) is 3.49. The molecule has 1 amide bonds. The summed E-state index contributed by atoms with van der Waals surface area (Å²) in [5.41, 5.74) is 0. The molecule has 3 saturated heterocycles. The Morgan fingerprint density at radius 3 is 2.80 bits per heavy atom. The van der Waals surface area contributed by atoms with Crippen LogP contribution in [0.3, 0.4) is 0 Å². The summed E-state index contributed by atoms with van der Waals surface area (Å²) < 4.78 is 17.1. The van der Waals surface area contributed by atoms with Gasteiger partial charge in [-0.2, -0.15) is 0 Å². The van der Waals surface area contributed by atoms with Gasteiger partial charge in [0.25, 0.3) is 0 Å². The zero-order chi connectivity index (χ0) is 28.6. The topological polar surface area (TPSA) is 120 Å². The molecule has 2 saturated carbocycles. The van der Waals surface area contributed by atoms with Gasteiger partial charge in [0.15, 0.2) is 0 Å². The first-order valence-corrected chi connectivity index (χ1v) is 16.3. The van der Waals surface area contributed by atoms with Crippen molar-refractivity contribution in [3.05, 3.63) is 0 Å². The molecule has 41 heavy (non-hydrogen) atoms. The van der Waals surface area contributed by atoms with E-state index in [1.165, 1.54) is 25.7 Å². The highest BCUT2D eigenvalue weighted by Crippen LogP contribution is 2.37. The molecule has 5 aliphatic rings. The van der Waals surface area contributed by atoms with Crippen molar-refractivity contribution in [2.45, 2.75) is 94.5 Å². The van der Waals surface area contributed by atoms with E-state index >= 15 is 0 Å². The lowest BCUT2D eigenvalue weighted by atomic mass is 9.74. The summed E-state index contributed by atoms with van der Waals surface area (Å²) in [5, 5.41) is 24.6. The normalized spacial score (nSPS) is 35.7. The zero-order valence-corrected chi connectivity index (χ0v) is 25.4. The monoisotopic (exact) mass is 580 g/mol. The van der Waals surface area contributed by atoms with Crippen LogP contribution >= 0.6 is 0 Å². The second kappa shape index (κ2) is 15.7. The molecule has 0 aromatic carbocycles. The van der Waals surface area contributed by atoms with Crippen LogP contribution in [-0.2, 0) is 19.0 Å². The number of methoxy groups -OCH3 is 1. The van der Waals surface area contributed by atoms with Gasteiger partial charge < -0.3 is 29.5 Å². The third kappa shape index (κ3) is 9.30. The molecular formula is C30H56N6O5. The Hall–Kier alpha value is -0.890. The number of hydrogen-bond acceptors (Lipinski definition) is 10. The predicted molar refractivity (Wildman–Crippen MR) is 157 cm³/mol. The molecule has 5 fully saturated rings. The number of aliphatic hydroxyl groups is 1. The second-order valence-electron chi connectivity index (χ2n) is 13.3. The van der Waals surface area contributed by atoms with E-state index in [1.54, 1.807) is 7.11 Å². The van der Waals surface area contributed by atoms with Gasteiger partial charge in [0.2, 0.25) is 5.91 Å². The highest BCUT2D eigenvalue weighted by atomic mass is 16.5. The van der Waals surface area contributed by atoms with Gasteiger partial charge in [-0.25, -0.2) is 0 Å². The van der Waals surface area contributed by atoms with E-state index in [4.69, 9.17) is 14.2 Å². The molecule has 0 bridgehead atoms. The summed E-state index contributed by atoms with van der Waals surface area (Å²) in [6.07, 6.45) is 10.1. The van der Waals surface area contributed by atoms with Gasteiger partial charge in [-0.15, -0.1) is 0 Å². The summed E-state index contributed by atoms with van der Waals surface area (Å²) in [5.74, 6) is 1.37. The largest absolute Gasteiger partial charge is 0.390 e. The molecule has 5 rings (SSSR count). The molecule has 0 radical (unpaired) electrons. The van der Waals surface area contributed by atoms with E-state index in [0.29, 0.717) is 57.0 Å². The lowest BCUT2D eigenvalue weighted by Crippen LogP contribution is -2.62. The maximum absolute atomic E-state index is 13.3. The lowest BCUT2D eigenvalue weighted by molar-refractivity contribution is -0.128. The highest BCUT2D eigenvalue weighted by molar-refractivity contribution is 5.78. The standard InChI is InChI=1S/C30H56N6O5/c1-35(10-11-39-2)29-14-23(13-28(34-29)33-24-4-3-5-24)30(38)32-15-25(37)18-36-9-8-21-12-26(7-6-22(21)17-36)40-19-27-16-31-20-41-27/h21-29,31,33-34,37H,3-20H2,1-2H3,(H,32,38)/t21?,22?,23?,25-,26?,27?,28?,29?/m0/s1. The SMILES string of the molecule is COCCN(C)C1CC(C(=O)NC[C@H](O)CN2CCC3CC(OCC4CNCO4)CCC3C2)CC(NC2CCC2)N1. The maximum atomic E-state index is 13.3. The van der Waals surface area contributed by atoms with Crippen LogP contribution in [0.5, 0.6) is 0 Å². The number of likely N-dealkylation sites (N-methyl/N-ethyl adjacent to an activating group) is 1. The first kappa shape index (κ1) is 31.5. The van der Waals surface area contributed by atoms with Crippen LogP contribution in [0, 0.1) is 17.8 Å². The minimum atomic E-state index is -0.555. The summed E-state index contributed by atoms with van der Waals surface area (Å²) >= 11 is 0. The minimum absolute atomic E-state index is 0.0620. The number of ether oxygens (including phenoxy) is 3. The Labute approximate surface area is 246 Å². The summed E-state index contributed by atoms with van der Waals surface area (Å²) in [6.45, 7) is 6.68. The van der Waals surface area contributed by atoms with Gasteiger partial charge in [-0.3, -0.25) is 25.6 Å². The van der Waals surface area contributed by atoms with Crippen LogP contribution in [-0.4, -0.2) is 131 Å². The number of aliphatic hydroxyl groups excluding tert-OH is 1. The number of hydrogen-bond donors (Lipinski definition) is 5. The third-order valence-electron chi connectivity index (χ3n) is 10.2. The van der Waals surface area contributed by atoms with E-state index in [2.05, 4.69) is 38.1 Å². The fraction of sp³-hybridized carbons (Fsp3) is 0.967. The number of carbonyl (C=O) groups excluding carboxylic acids is 1. The summed E-state index contributed by atoms with van der Waals surface area (Å²) in [6, 6.07) is 0.553. The van der Waals surface area contributed by atoms with Crippen molar-refractivity contribution in [1.29, 1.82) is 0 Å². The Bertz CT molecular complexity index is 799. The number of likely N-dealkylation sites (tertiary alicyclic amines) is 1. The van der Waals surface area contributed by atoms with Crippen molar-refractivity contribution >= 4 is 5.91 Å². The molecule has 2 aliphatic carbocycles. The zero-order valence-electron chi connectivity index (χ0n) is 25.4. The molecule has 11 nitrogen and oxygen atoms in total. The number of β-amino-alcohol motifs (C(OH)–C–C–N with tert-alkyl or cyclic N) is 1. The molecule has 8 atom stereocenters. The first-order valence-electron chi connectivity index (χ1n) is 16.3. The number of nitrogens with zero attached hydrogens (tertiary/aromatic N) is 2. The molecule has 236 valence electrons. The van der Waals surface area contributed by atoms with Gasteiger partial charge in [-0.1, -0.05) is 6.42 Å². The Morgan fingerprint density at radius 1 is 1.17 bits per heavy atom. The van der Waals surface area contributed by atoms with Gasteiger partial charge >= 0.3 is 0 Å². The quantitative estimate of drug-likeness (QED) is 0.196. The van der Waals surface area contributed by atoms with E-state index in [0.717, 1.165) is 58.3 Å². The van der Waals surface area contributed by atoms with Crippen molar-refractivity contribution in [2.75, 3.05) is 73.4 Å². The Balaban J connectivity index is 1.02. The molecule has 0 spiro atoms. The fourth-order valence-electron chi connectivity index (χ4n) is 7.40. The van der Waals surface area contributed by atoms with Crippen LogP contribution in [0.15, 0.2) is 0 Å². The lowest BCUT2D eigenvalue weighted by Gasteiger charge is -2.44. The predicted octanol–water partition coefficient (Wildman–Crippen LogP) is 0.289. The molecule has 7 unspecified atom stereocenters. The van der Waals surface area contributed by atoms with Crippen LogP contribution < -0.4 is 21.3 Å². The fourth-order valence-corrected chi connectivity index (χ4v) is 7.40. The Morgan fingerprint density at radius 2 is 2.05 bits per heavy atom. The van der Waals surface area contributed by atoms with Gasteiger partial charge in [0, 0.05) is 51.8 Å². The van der Waals surface area contributed by atoms with Crippen LogP contribution in [0.1, 0.15) is 57.8 Å². The molecule has 11 heteroatoms. The van der Waals surface area contributed by atoms with E-state index in [1.807, 2.05) is 0 Å². The molecular weight excluding hydrogens is 524 g/mol. The minimum Gasteiger partial charge on any atom is -0.390 e. The number of amides is 1. The first-order chi connectivity index (χ1) is 20.0. The maximum Gasteiger partial charge on any atom is 0.223 e. The van der Waals surface area contributed by atoms with Crippen LogP contribution in [0.4, 0.5) is 0 Å². The number of rotatable bonds is 14. The highest BCUT2D eigenvalue weighted by Gasteiger charge is 2.37. The second-order valence-corrected chi connectivity index (χ2v) is 13.3. The van der Waals surface area contributed by atoms with Crippen molar-refractivity contribution < 1.29 is 24.1 Å². The summed E-state index contributed by atoms with van der Waals surface area (Å²) in [7, 11) is 3.81. The van der Waals surface area contributed by atoms with Gasteiger partial charge in [0.1, 0.15) is 0 Å². The number of piperidine rings is 2. The molecule has 0 aromatic rings. The number of fused-ring (bicyclic) bond motifs is 1. The molecule has 3 aliphatic heterocycles. The Kier molecular flexibility index (Phi) is 12.1. The smallest absolute Gasteiger partial charge is 0.223 e. The molecule has 3 heterocycles. The van der Waals surface area contributed by atoms with E-state index in [-0.39, 0.29) is 30.3 Å². The van der Waals surface area contributed by atoms with Crippen LogP contribution in [0.2, 0.25) is 0 Å². The van der Waals surface area contributed by atoms with E-state index < -0.39 is 6.10 Å². The van der Waals surface area contributed by atoms with E-state index in [9.17, 15) is 9.90 Å². The van der Waals surface area contributed by atoms with Crippen molar-refractivity contribution in [3.8, 4) is 0 Å². The number of nitrogens with one attached hydrogen (secondary N) is 4. The summed E-state index contributed by atoms with van der Waals surface area (Å²) in [4.78, 5) is 17.9. The number of carbonyl (C=O) groups is 1. The van der Waals surface area contributed by atoms with Gasteiger partial charge in [-0.05, 0) is 76.8 Å².